The van der Waals surface area contributed by atoms with Crippen molar-refractivity contribution in [2.24, 2.45) is 0 Å². The molecule has 324 valence electrons. The van der Waals surface area contributed by atoms with E-state index in [9.17, 15) is 0 Å². The molecule has 15 heteroatoms. The quantitative estimate of drug-likeness (QED) is 0.144. The Balaban J connectivity index is 0.000000158. The van der Waals surface area contributed by atoms with Crippen LogP contribution in [0, 0.1) is 0 Å². The van der Waals surface area contributed by atoms with Gasteiger partial charge in [-0.25, -0.2) is 29.0 Å². The van der Waals surface area contributed by atoms with E-state index in [1.54, 1.807) is 41.2 Å². The van der Waals surface area contributed by atoms with Crippen LogP contribution in [0.2, 0.25) is 5.15 Å². The van der Waals surface area contributed by atoms with Crippen molar-refractivity contribution in [3.05, 3.63) is 162 Å². The molecule has 0 unspecified atom stereocenters. The summed E-state index contributed by atoms with van der Waals surface area (Å²) < 4.78 is 3.58. The van der Waals surface area contributed by atoms with Gasteiger partial charge in [-0.15, -0.1) is 12.4 Å². The van der Waals surface area contributed by atoms with Crippen molar-refractivity contribution in [1.29, 1.82) is 0 Å². The van der Waals surface area contributed by atoms with Crippen molar-refractivity contribution in [1.82, 2.24) is 39.2 Å². The number of aromatic nitrogens is 8. The number of fused-ring (bicyclic) bond motifs is 2. The number of hydrogen-bond acceptors (Lipinski definition) is 10. The van der Waals surface area contributed by atoms with Gasteiger partial charge < -0.3 is 19.8 Å². The minimum absolute atomic E-state index is 0. The van der Waals surface area contributed by atoms with Crippen LogP contribution in [-0.4, -0.2) is 80.5 Å². The first-order chi connectivity index (χ1) is 30.1. The number of anilines is 2. The maximum Gasteiger partial charge on any atom is 0.488 e. The van der Waals surface area contributed by atoms with E-state index in [4.69, 9.17) is 36.7 Å². The maximum absolute atomic E-state index is 8.58. The van der Waals surface area contributed by atoms with E-state index in [0.717, 1.165) is 63.1 Å². The van der Waals surface area contributed by atoms with Crippen molar-refractivity contribution < 1.29 is 10.0 Å². The fourth-order valence-corrected chi connectivity index (χ4v) is 8.88. The fraction of sp³-hybridized carbons (Fsp3) is 0.292. The van der Waals surface area contributed by atoms with E-state index in [1.165, 1.54) is 25.7 Å². The molecule has 2 aliphatic heterocycles. The highest BCUT2D eigenvalue weighted by molar-refractivity contribution is 6.58. The first kappa shape index (κ1) is 45.2. The third-order valence-corrected chi connectivity index (χ3v) is 12.0. The summed E-state index contributed by atoms with van der Waals surface area (Å²) in [6, 6.07) is 37.7. The molecule has 2 N–H and O–H groups in total. The molecule has 0 radical (unpaired) electrons. The van der Waals surface area contributed by atoms with Crippen LogP contribution in [0.3, 0.4) is 0 Å². The Hall–Kier alpha value is -5.86. The third-order valence-electron chi connectivity index (χ3n) is 11.8. The van der Waals surface area contributed by atoms with Crippen molar-refractivity contribution in [3.8, 4) is 11.3 Å². The molecule has 0 aliphatic carbocycles. The van der Waals surface area contributed by atoms with Gasteiger partial charge in [-0.05, 0) is 95.2 Å². The highest BCUT2D eigenvalue weighted by Gasteiger charge is 2.29. The topological polar surface area (TPSA) is 133 Å². The summed E-state index contributed by atoms with van der Waals surface area (Å²) in [4.78, 5) is 23.7. The zero-order valence-corrected chi connectivity index (χ0v) is 37.6. The number of imidazole rings is 2. The predicted molar refractivity (Wildman–Crippen MR) is 255 cm³/mol. The Morgan fingerprint density at radius 2 is 1.05 bits per heavy atom. The minimum Gasteiger partial charge on any atom is -0.423 e. The van der Waals surface area contributed by atoms with Crippen molar-refractivity contribution in [2.45, 2.75) is 90.4 Å². The summed E-state index contributed by atoms with van der Waals surface area (Å²) in [5.41, 5.74) is 8.54. The SMILES string of the molecule is C[C@H]1CC[C@H](C)N1c1cccc(Cc2cc(-c3ccccc3)nn3ccnc23)n1.C[C@H]1CC[C@H](C)N1c1cccc(Cc2cc(Cl)nn3ccnc23)n1.Cl.OB(O)c1ccccc1. The standard InChI is InChI=1S/C24H25N5.C18H20ClN5.C6H7BO2.ClH/c1-17-11-12-18(2)29(17)23-10-6-9-21(26-23)15-20-16-22(19-7-4-3-5-8-19)27-28-14-13-25-24(20)28;1-12-6-7-13(2)24(12)17-5-3-4-15(21-17)10-14-11-16(19)22-23-9-8-20-18(14)23;8-7(9)6-4-2-1-3-5-6;/h3-10,13-14,16-18H,11-12,15H2,1-2H3;3-5,8-9,11-13H,6-7,10H2,1-2H3;1-5,8-9H;1H/t17-,18-;12-,13-;;/m00../s1. The molecule has 0 bridgehead atoms. The van der Waals surface area contributed by atoms with Crippen molar-refractivity contribution in [2.75, 3.05) is 9.80 Å². The Kier molecular flexibility index (Phi) is 14.7. The van der Waals surface area contributed by atoms with Gasteiger partial charge in [-0.3, -0.25) is 0 Å². The van der Waals surface area contributed by atoms with Crippen LogP contribution in [0.1, 0.15) is 75.9 Å². The van der Waals surface area contributed by atoms with Gasteiger partial charge >= 0.3 is 7.12 Å². The Bertz CT molecular complexity index is 2700. The van der Waals surface area contributed by atoms with Gasteiger partial charge in [-0.1, -0.05) is 84.4 Å². The zero-order valence-electron chi connectivity index (χ0n) is 36.0. The highest BCUT2D eigenvalue weighted by atomic mass is 35.5. The van der Waals surface area contributed by atoms with Crippen LogP contribution < -0.4 is 15.3 Å². The summed E-state index contributed by atoms with van der Waals surface area (Å²) in [7, 11) is -1.34. The molecule has 0 saturated carbocycles. The lowest BCUT2D eigenvalue weighted by atomic mass is 9.81. The molecule has 63 heavy (non-hydrogen) atoms. The zero-order chi connectivity index (χ0) is 43.2. The second-order valence-corrected chi connectivity index (χ2v) is 16.7. The molecule has 4 atom stereocenters. The molecule has 0 amide bonds. The minimum atomic E-state index is -1.34. The van der Waals surface area contributed by atoms with Gasteiger partial charge in [0.15, 0.2) is 11.3 Å². The normalized spacial score (nSPS) is 18.1. The van der Waals surface area contributed by atoms with Crippen LogP contribution in [0.4, 0.5) is 11.6 Å². The van der Waals surface area contributed by atoms with Crippen molar-refractivity contribution >= 4 is 59.5 Å². The molecule has 12 nitrogen and oxygen atoms in total. The molecule has 2 aromatic carbocycles. The van der Waals surface area contributed by atoms with E-state index in [0.29, 0.717) is 41.2 Å². The van der Waals surface area contributed by atoms with Crippen LogP contribution in [0.5, 0.6) is 0 Å². The average molecular weight is 884 g/mol. The molecule has 8 aromatic rings. The lowest BCUT2D eigenvalue weighted by molar-refractivity contribution is 0.426. The van der Waals surface area contributed by atoms with Gasteiger partial charge in [0.2, 0.25) is 0 Å². The smallest absolute Gasteiger partial charge is 0.423 e. The summed E-state index contributed by atoms with van der Waals surface area (Å²) in [5, 5.41) is 26.6. The lowest BCUT2D eigenvalue weighted by Crippen LogP contribution is -2.33. The molecule has 6 aromatic heterocycles. The number of benzene rings is 2. The second-order valence-electron chi connectivity index (χ2n) is 16.3. The second kappa shape index (κ2) is 20.6. The highest BCUT2D eigenvalue weighted by Crippen LogP contribution is 2.31. The van der Waals surface area contributed by atoms with E-state index in [-0.39, 0.29) is 12.4 Å². The van der Waals surface area contributed by atoms with Crippen LogP contribution in [-0.2, 0) is 12.8 Å². The summed E-state index contributed by atoms with van der Waals surface area (Å²) >= 11 is 6.13. The summed E-state index contributed by atoms with van der Waals surface area (Å²) in [5.74, 6) is 2.14. The van der Waals surface area contributed by atoms with E-state index in [1.807, 2.05) is 47.2 Å². The molecule has 0 spiro atoms. The number of rotatable bonds is 8. The lowest BCUT2D eigenvalue weighted by Gasteiger charge is -2.27. The predicted octanol–water partition coefficient (Wildman–Crippen LogP) is 8.29. The maximum atomic E-state index is 8.58. The molecular weight excluding hydrogens is 830 g/mol. The molecule has 2 aliphatic rings. The number of nitrogens with zero attached hydrogens (tertiary/aromatic N) is 10. The largest absolute Gasteiger partial charge is 0.488 e. The monoisotopic (exact) mass is 882 g/mol. The fourth-order valence-electron chi connectivity index (χ4n) is 8.67. The van der Waals surface area contributed by atoms with Crippen LogP contribution in [0.25, 0.3) is 22.6 Å². The Labute approximate surface area is 380 Å². The first-order valence-electron chi connectivity index (χ1n) is 21.4. The van der Waals surface area contributed by atoms with Crippen LogP contribution in [0.15, 0.2) is 134 Å². The summed E-state index contributed by atoms with van der Waals surface area (Å²) in [6.07, 6.45) is 13.6. The van der Waals surface area contributed by atoms with E-state index < -0.39 is 7.12 Å². The van der Waals surface area contributed by atoms with Gasteiger partial charge in [0.05, 0.1) is 5.69 Å². The van der Waals surface area contributed by atoms with Gasteiger partial charge in [-0.2, -0.15) is 10.2 Å². The number of hydrogen-bond donors (Lipinski definition) is 2. The molecule has 10 rings (SSSR count). The molecule has 2 fully saturated rings. The van der Waals surface area contributed by atoms with Crippen LogP contribution >= 0.6 is 24.0 Å². The number of pyridine rings is 2. The molecule has 2 saturated heterocycles. The van der Waals surface area contributed by atoms with E-state index >= 15 is 0 Å². The average Bonchev–Trinajstić information content (AvgIpc) is 4.10. The Morgan fingerprint density at radius 1 is 0.587 bits per heavy atom. The molecule has 8 heterocycles. The van der Waals surface area contributed by atoms with E-state index in [2.05, 4.69) is 107 Å². The number of halogens is 2. The first-order valence-corrected chi connectivity index (χ1v) is 21.8. The van der Waals surface area contributed by atoms with Gasteiger partial charge in [0, 0.05) is 89.9 Å². The Morgan fingerprint density at radius 3 is 1.52 bits per heavy atom. The molecular formula is C48H53BCl2N10O2. The third kappa shape index (κ3) is 10.7. The van der Waals surface area contributed by atoms with Gasteiger partial charge in [0.25, 0.3) is 0 Å². The van der Waals surface area contributed by atoms with Crippen molar-refractivity contribution in [3.63, 3.8) is 0 Å². The summed E-state index contributed by atoms with van der Waals surface area (Å²) in [6.45, 7) is 9.13. The van der Waals surface area contributed by atoms with Gasteiger partial charge in [0.1, 0.15) is 16.8 Å².